The Balaban J connectivity index is 2.07. The molecule has 1 aromatic heterocycles. The van der Waals surface area contributed by atoms with Gasteiger partial charge < -0.3 is 15.3 Å². The number of nitrogens with zero attached hydrogens (tertiary/aromatic N) is 1. The number of amides is 1. The Morgan fingerprint density at radius 1 is 1.33 bits per heavy atom. The van der Waals surface area contributed by atoms with Crippen LogP contribution in [0.15, 0.2) is 30.3 Å². The summed E-state index contributed by atoms with van der Waals surface area (Å²) < 4.78 is 0. The Morgan fingerprint density at radius 3 is 2.78 bits per heavy atom. The second-order valence-electron chi connectivity index (χ2n) is 7.27. The summed E-state index contributed by atoms with van der Waals surface area (Å²) in [6.45, 7) is 5.88. The summed E-state index contributed by atoms with van der Waals surface area (Å²) in [5.74, 6) is 6.17. The number of nitrogens with one attached hydrogen (secondary N) is 1. The quantitative estimate of drug-likeness (QED) is 0.801. The van der Waals surface area contributed by atoms with Gasteiger partial charge in [-0.1, -0.05) is 31.9 Å². The van der Waals surface area contributed by atoms with Crippen molar-refractivity contribution in [2.45, 2.75) is 39.3 Å². The second-order valence-corrected chi connectivity index (χ2v) is 8.36. The fraction of sp³-hybridized carbons (Fsp3) is 0.409. The van der Waals surface area contributed by atoms with Crippen molar-refractivity contribution in [3.63, 3.8) is 0 Å². The number of fused-ring (bicyclic) bond motifs is 1. The van der Waals surface area contributed by atoms with Crippen LogP contribution < -0.4 is 10.2 Å². The molecule has 2 N–H and O–H groups in total. The number of aliphatic hydroxyl groups excluding tert-OH is 1. The lowest BCUT2D eigenvalue weighted by molar-refractivity contribution is -0.124. The summed E-state index contributed by atoms with van der Waals surface area (Å²) in [4.78, 5) is 17.0. The minimum Gasteiger partial charge on any atom is -0.394 e. The predicted molar refractivity (Wildman–Crippen MR) is 112 cm³/mol. The summed E-state index contributed by atoms with van der Waals surface area (Å²) in [5, 5.41) is 12.7. The lowest BCUT2D eigenvalue weighted by Gasteiger charge is -2.37. The van der Waals surface area contributed by atoms with Gasteiger partial charge in [0.15, 0.2) is 0 Å². The van der Waals surface area contributed by atoms with Gasteiger partial charge in [-0.15, -0.1) is 17.3 Å². The van der Waals surface area contributed by atoms with Gasteiger partial charge in [0.05, 0.1) is 17.5 Å². The zero-order chi connectivity index (χ0) is 19.6. The van der Waals surface area contributed by atoms with E-state index >= 15 is 0 Å². The van der Waals surface area contributed by atoms with E-state index in [4.69, 9.17) is 0 Å². The van der Waals surface area contributed by atoms with Crippen LogP contribution in [0.3, 0.4) is 0 Å². The average molecular weight is 383 g/mol. The number of likely N-dealkylation sites (N-methyl/N-ethyl adjacent to an activating group) is 1. The fourth-order valence-electron chi connectivity index (χ4n) is 3.69. The number of carbonyl (C=O) groups excluding carboxylic acids is 1. The van der Waals surface area contributed by atoms with Crippen LogP contribution in [-0.2, 0) is 11.2 Å². The first-order valence-electron chi connectivity index (χ1n) is 9.24. The Hall–Kier alpha value is -2.29. The van der Waals surface area contributed by atoms with E-state index in [1.54, 1.807) is 11.3 Å². The van der Waals surface area contributed by atoms with E-state index in [-0.39, 0.29) is 30.5 Å². The van der Waals surface area contributed by atoms with Crippen LogP contribution in [-0.4, -0.2) is 36.8 Å². The van der Waals surface area contributed by atoms with Crippen molar-refractivity contribution in [3.05, 3.63) is 40.8 Å². The lowest BCUT2D eigenvalue weighted by atomic mass is 9.94. The first-order chi connectivity index (χ1) is 12.9. The molecule has 1 aliphatic rings. The molecule has 1 aromatic carbocycles. The smallest absolute Gasteiger partial charge is 0.243 e. The number of aliphatic hydroxyl groups is 1. The molecule has 4 nitrogen and oxygen atoms in total. The molecule has 0 saturated carbocycles. The number of carbonyl (C=O) groups is 1. The molecule has 27 heavy (non-hydrogen) atoms. The molecule has 0 bridgehead atoms. The van der Waals surface area contributed by atoms with E-state index in [0.29, 0.717) is 6.42 Å². The first-order valence-corrected chi connectivity index (χ1v) is 10.1. The van der Waals surface area contributed by atoms with Crippen molar-refractivity contribution in [1.82, 2.24) is 5.32 Å². The van der Waals surface area contributed by atoms with Gasteiger partial charge in [0.1, 0.15) is 6.04 Å². The highest BCUT2D eigenvalue weighted by atomic mass is 32.1. The summed E-state index contributed by atoms with van der Waals surface area (Å²) in [6, 6.07) is 9.99. The fourth-order valence-corrected chi connectivity index (χ4v) is 4.60. The molecule has 1 amide bonds. The molecule has 2 atom stereocenters. The van der Waals surface area contributed by atoms with Crippen molar-refractivity contribution in [1.29, 1.82) is 0 Å². The van der Waals surface area contributed by atoms with E-state index < -0.39 is 0 Å². The molecule has 1 aliphatic heterocycles. The van der Waals surface area contributed by atoms with Crippen LogP contribution in [0.25, 0.3) is 10.4 Å². The van der Waals surface area contributed by atoms with Crippen molar-refractivity contribution in [2.75, 3.05) is 18.6 Å². The highest BCUT2D eigenvalue weighted by Crippen LogP contribution is 2.34. The summed E-state index contributed by atoms with van der Waals surface area (Å²) in [7, 11) is 1.98. The number of hydrogen-bond donors (Lipinski definition) is 2. The van der Waals surface area contributed by atoms with E-state index in [0.717, 1.165) is 26.6 Å². The van der Waals surface area contributed by atoms with Crippen molar-refractivity contribution >= 4 is 22.9 Å². The van der Waals surface area contributed by atoms with E-state index in [1.807, 2.05) is 20.0 Å². The third-order valence-corrected chi connectivity index (χ3v) is 6.00. The highest BCUT2D eigenvalue weighted by molar-refractivity contribution is 7.16. The summed E-state index contributed by atoms with van der Waals surface area (Å²) >= 11 is 1.67. The third-order valence-electron chi connectivity index (χ3n) is 4.95. The minimum atomic E-state index is -0.279. The topological polar surface area (TPSA) is 52.6 Å². The molecular formula is C22H26N2O2S. The second kappa shape index (κ2) is 8.16. The molecule has 3 rings (SSSR count). The average Bonchev–Trinajstić information content (AvgIpc) is 3.09. The Kier molecular flexibility index (Phi) is 5.88. The molecule has 2 heterocycles. The molecule has 0 radical (unpaired) electrons. The molecule has 1 unspecified atom stereocenters. The van der Waals surface area contributed by atoms with Crippen molar-refractivity contribution in [2.24, 2.45) is 5.92 Å². The van der Waals surface area contributed by atoms with Crippen LogP contribution in [0.5, 0.6) is 0 Å². The van der Waals surface area contributed by atoms with Gasteiger partial charge in [0.25, 0.3) is 0 Å². The zero-order valence-corrected chi connectivity index (χ0v) is 17.1. The maximum atomic E-state index is 12.8. The summed E-state index contributed by atoms with van der Waals surface area (Å²) in [5.41, 5.74) is 3.31. The van der Waals surface area contributed by atoms with E-state index in [2.05, 4.69) is 60.2 Å². The van der Waals surface area contributed by atoms with Gasteiger partial charge in [-0.05, 0) is 48.6 Å². The number of hydrogen-bond acceptors (Lipinski definition) is 4. The standard InChI is InChI=1S/C22H26N2O2S/c1-5-6-18-9-10-20(27-18)16-8-7-15-11-17(13-25)23-22(26)21(14(2)3)24(4)19(15)12-16/h7-10,12,14,17,21,25H,11,13H2,1-4H3,(H,23,26)/t17-,21?/m0/s1. The predicted octanol–water partition coefficient (Wildman–Crippen LogP) is 3.28. The SMILES string of the molecule is CC#Cc1ccc(-c2ccc3c(c2)N(C)C(C(C)C)C(=O)N[C@H](CO)C3)s1. The molecule has 0 spiro atoms. The molecule has 142 valence electrons. The van der Waals surface area contributed by atoms with E-state index in [1.165, 1.54) is 0 Å². The minimum absolute atomic E-state index is 0.0285. The normalized spacial score (nSPS) is 19.6. The molecular weight excluding hydrogens is 356 g/mol. The number of rotatable bonds is 3. The lowest BCUT2D eigenvalue weighted by Crippen LogP contribution is -2.54. The molecule has 0 fully saturated rings. The number of benzene rings is 1. The van der Waals surface area contributed by atoms with E-state index in [9.17, 15) is 9.90 Å². The van der Waals surface area contributed by atoms with Gasteiger partial charge >= 0.3 is 0 Å². The largest absolute Gasteiger partial charge is 0.394 e. The third kappa shape index (κ3) is 4.02. The highest BCUT2D eigenvalue weighted by Gasteiger charge is 2.32. The Labute approximate surface area is 165 Å². The van der Waals surface area contributed by atoms with Crippen LogP contribution in [0.2, 0.25) is 0 Å². The van der Waals surface area contributed by atoms with Crippen LogP contribution in [0.4, 0.5) is 5.69 Å². The van der Waals surface area contributed by atoms with Crippen LogP contribution >= 0.6 is 11.3 Å². The number of thiophene rings is 1. The monoisotopic (exact) mass is 382 g/mol. The Bertz CT molecular complexity index is 891. The van der Waals surface area contributed by atoms with Crippen LogP contribution in [0, 0.1) is 17.8 Å². The first kappa shape index (κ1) is 19.5. The van der Waals surface area contributed by atoms with Crippen LogP contribution in [0.1, 0.15) is 31.2 Å². The van der Waals surface area contributed by atoms with Gasteiger partial charge in [0, 0.05) is 17.6 Å². The van der Waals surface area contributed by atoms with Gasteiger partial charge in [-0.25, -0.2) is 0 Å². The summed E-state index contributed by atoms with van der Waals surface area (Å²) in [6.07, 6.45) is 0.615. The van der Waals surface area contributed by atoms with Gasteiger partial charge in [0.2, 0.25) is 5.91 Å². The van der Waals surface area contributed by atoms with Crippen molar-refractivity contribution < 1.29 is 9.90 Å². The molecule has 0 saturated heterocycles. The maximum Gasteiger partial charge on any atom is 0.243 e. The maximum absolute atomic E-state index is 12.8. The molecule has 0 aliphatic carbocycles. The Morgan fingerprint density at radius 2 is 2.11 bits per heavy atom. The molecule has 5 heteroatoms. The van der Waals surface area contributed by atoms with Gasteiger partial charge in [-0.2, -0.15) is 0 Å². The molecule has 2 aromatic rings. The van der Waals surface area contributed by atoms with Crippen molar-refractivity contribution in [3.8, 4) is 22.3 Å². The number of anilines is 1. The zero-order valence-electron chi connectivity index (χ0n) is 16.2. The van der Waals surface area contributed by atoms with Gasteiger partial charge in [-0.3, -0.25) is 4.79 Å².